The molecule has 0 radical (unpaired) electrons. The highest BCUT2D eigenvalue weighted by Crippen LogP contribution is 2.30. The van der Waals surface area contributed by atoms with Crippen LogP contribution in [-0.4, -0.2) is 116 Å². The molecule has 2 rings (SSSR count). The Morgan fingerprint density at radius 1 is 0.857 bits per heavy atom. The third kappa shape index (κ3) is 4.79. The first-order valence-electron chi connectivity index (χ1n) is 8.91. The molecule has 2 fully saturated rings. The van der Waals surface area contributed by atoms with Gasteiger partial charge in [-0.25, -0.2) is 0 Å². The number of rotatable bonds is 6. The van der Waals surface area contributed by atoms with E-state index >= 15 is 0 Å². The van der Waals surface area contributed by atoms with E-state index in [0.29, 0.717) is 0 Å². The maximum atomic E-state index is 11.9. The van der Waals surface area contributed by atoms with Gasteiger partial charge in [-0.05, 0) is 0 Å². The molecule has 0 unspecified atom stereocenters. The molecular formula is C16H28O12. The van der Waals surface area contributed by atoms with Gasteiger partial charge in [0.2, 0.25) is 0 Å². The SMILES string of the molecule is CC(C)C(=O)O[C@@H]1[C@@H](O)[C@@H](O[C@H]2[C@H](O)[C@@H](O)[C@H](O)O[C@@H]2CO)O[C@H](CO)[C@H]1O. The van der Waals surface area contributed by atoms with E-state index < -0.39 is 86.5 Å². The molecule has 12 nitrogen and oxygen atoms in total. The van der Waals surface area contributed by atoms with Crippen LogP contribution >= 0.6 is 0 Å². The Kier molecular flexibility index (Phi) is 8.10. The zero-order valence-electron chi connectivity index (χ0n) is 15.4. The van der Waals surface area contributed by atoms with Crippen molar-refractivity contribution < 1.29 is 59.5 Å². The minimum Gasteiger partial charge on any atom is -0.456 e. The molecule has 2 aliphatic rings. The highest BCUT2D eigenvalue weighted by molar-refractivity contribution is 5.71. The van der Waals surface area contributed by atoms with Crippen molar-refractivity contribution in [2.24, 2.45) is 5.92 Å². The molecule has 0 bridgehead atoms. The number of carbonyl (C=O) groups excluding carboxylic acids is 1. The lowest BCUT2D eigenvalue weighted by molar-refractivity contribution is -0.355. The number of esters is 1. The summed E-state index contributed by atoms with van der Waals surface area (Å²) in [4.78, 5) is 11.9. The minimum atomic E-state index is -1.77. The number of aliphatic hydroxyl groups is 7. The van der Waals surface area contributed by atoms with Gasteiger partial charge in [-0.2, -0.15) is 0 Å². The first-order chi connectivity index (χ1) is 13.1. The average Bonchev–Trinajstić information content (AvgIpc) is 2.66. The quantitative estimate of drug-likeness (QED) is 0.208. The summed E-state index contributed by atoms with van der Waals surface area (Å²) in [6, 6.07) is 0. The molecule has 164 valence electrons. The maximum Gasteiger partial charge on any atom is 0.308 e. The zero-order valence-corrected chi connectivity index (χ0v) is 15.4. The fourth-order valence-electron chi connectivity index (χ4n) is 2.96. The lowest BCUT2D eigenvalue weighted by Gasteiger charge is -2.45. The fraction of sp³-hybridized carbons (Fsp3) is 0.938. The molecule has 0 aromatic carbocycles. The van der Waals surface area contributed by atoms with Crippen molar-refractivity contribution in [1.29, 1.82) is 0 Å². The van der Waals surface area contributed by atoms with E-state index in [1.54, 1.807) is 13.8 Å². The lowest BCUT2D eigenvalue weighted by atomic mass is 9.96. The average molecular weight is 412 g/mol. The molecule has 28 heavy (non-hydrogen) atoms. The monoisotopic (exact) mass is 412 g/mol. The van der Waals surface area contributed by atoms with Crippen LogP contribution in [0.4, 0.5) is 0 Å². The summed E-state index contributed by atoms with van der Waals surface area (Å²) in [7, 11) is 0. The van der Waals surface area contributed by atoms with Crippen LogP contribution in [0.15, 0.2) is 0 Å². The van der Waals surface area contributed by atoms with E-state index in [9.17, 15) is 40.5 Å². The summed E-state index contributed by atoms with van der Waals surface area (Å²) in [5, 5.41) is 68.9. The summed E-state index contributed by atoms with van der Waals surface area (Å²) in [6.07, 6.45) is -15.7. The summed E-state index contributed by atoms with van der Waals surface area (Å²) < 4.78 is 20.8. The van der Waals surface area contributed by atoms with E-state index in [1.807, 2.05) is 0 Å². The van der Waals surface area contributed by atoms with Crippen LogP contribution in [0.25, 0.3) is 0 Å². The summed E-state index contributed by atoms with van der Waals surface area (Å²) in [6.45, 7) is 1.70. The third-order valence-corrected chi connectivity index (χ3v) is 4.68. The number of aliphatic hydroxyl groups excluding tert-OH is 7. The van der Waals surface area contributed by atoms with Gasteiger partial charge in [0.25, 0.3) is 0 Å². The molecule has 2 heterocycles. The Bertz CT molecular complexity index is 514. The van der Waals surface area contributed by atoms with Gasteiger partial charge in [0.05, 0.1) is 19.1 Å². The molecule has 0 aromatic heterocycles. The summed E-state index contributed by atoms with van der Waals surface area (Å²) >= 11 is 0. The zero-order chi connectivity index (χ0) is 21.2. The molecule has 0 aliphatic carbocycles. The normalized spacial score (nSPS) is 44.5. The van der Waals surface area contributed by atoms with E-state index in [4.69, 9.17) is 18.9 Å². The highest BCUT2D eigenvalue weighted by Gasteiger charge is 2.51. The van der Waals surface area contributed by atoms with Crippen LogP contribution in [-0.2, 0) is 23.7 Å². The first-order valence-corrected chi connectivity index (χ1v) is 8.91. The molecule has 10 atom stereocenters. The molecule has 0 amide bonds. The Labute approximate surface area is 160 Å². The summed E-state index contributed by atoms with van der Waals surface area (Å²) in [5.41, 5.74) is 0. The van der Waals surface area contributed by atoms with Gasteiger partial charge in [0.1, 0.15) is 42.7 Å². The second-order valence-electron chi connectivity index (χ2n) is 7.09. The van der Waals surface area contributed by atoms with Gasteiger partial charge in [0.15, 0.2) is 18.7 Å². The molecule has 2 saturated heterocycles. The summed E-state index contributed by atoms with van der Waals surface area (Å²) in [5.74, 6) is -1.27. The predicted molar refractivity (Wildman–Crippen MR) is 87.3 cm³/mol. The van der Waals surface area contributed by atoms with Crippen molar-refractivity contribution >= 4 is 5.97 Å². The second-order valence-corrected chi connectivity index (χ2v) is 7.09. The maximum absolute atomic E-state index is 11.9. The Hall–Kier alpha value is -0.930. The van der Waals surface area contributed by atoms with Gasteiger partial charge >= 0.3 is 5.97 Å². The van der Waals surface area contributed by atoms with Gasteiger partial charge in [-0.1, -0.05) is 13.8 Å². The van der Waals surface area contributed by atoms with Gasteiger partial charge in [0, 0.05) is 0 Å². The van der Waals surface area contributed by atoms with Gasteiger partial charge in [-0.15, -0.1) is 0 Å². The van der Waals surface area contributed by atoms with E-state index in [2.05, 4.69) is 0 Å². The molecule has 0 aromatic rings. The molecule has 0 saturated carbocycles. The highest BCUT2D eigenvalue weighted by atomic mass is 16.7. The Morgan fingerprint density at radius 3 is 2.00 bits per heavy atom. The topological polar surface area (TPSA) is 196 Å². The van der Waals surface area contributed by atoms with Crippen molar-refractivity contribution in [1.82, 2.24) is 0 Å². The van der Waals surface area contributed by atoms with Gasteiger partial charge < -0.3 is 54.7 Å². The van der Waals surface area contributed by atoms with Crippen LogP contribution in [0.3, 0.4) is 0 Å². The minimum absolute atomic E-state index is 0.557. The van der Waals surface area contributed by atoms with E-state index in [1.165, 1.54) is 0 Å². The molecule has 2 aliphatic heterocycles. The van der Waals surface area contributed by atoms with E-state index in [0.717, 1.165) is 0 Å². The number of hydrogen-bond donors (Lipinski definition) is 7. The fourth-order valence-corrected chi connectivity index (χ4v) is 2.96. The standard InChI is InChI=1S/C16H28O12/c1-5(2)14(23)27-13-8(19)6(3-17)26-16(11(13)22)28-12-7(4-18)25-15(24)10(21)9(12)20/h5-13,15-22,24H,3-4H2,1-2H3/t6-,7-,8-,9-,10-,11-,12-,13+,15-,16-/m1/s1. The Morgan fingerprint density at radius 2 is 1.46 bits per heavy atom. The molecular weight excluding hydrogens is 384 g/mol. The number of carbonyl (C=O) groups is 1. The van der Waals surface area contributed by atoms with Crippen molar-refractivity contribution in [3.05, 3.63) is 0 Å². The molecule has 7 N–H and O–H groups in total. The van der Waals surface area contributed by atoms with Crippen molar-refractivity contribution in [2.75, 3.05) is 13.2 Å². The van der Waals surface area contributed by atoms with Crippen LogP contribution in [0.2, 0.25) is 0 Å². The van der Waals surface area contributed by atoms with Crippen LogP contribution in [0.1, 0.15) is 13.8 Å². The van der Waals surface area contributed by atoms with Crippen LogP contribution in [0, 0.1) is 5.92 Å². The van der Waals surface area contributed by atoms with Crippen molar-refractivity contribution in [2.45, 2.75) is 75.3 Å². The predicted octanol–water partition coefficient (Wildman–Crippen LogP) is -4.19. The van der Waals surface area contributed by atoms with Crippen molar-refractivity contribution in [3.8, 4) is 0 Å². The lowest BCUT2D eigenvalue weighted by Crippen LogP contribution is -2.65. The van der Waals surface area contributed by atoms with E-state index in [-0.39, 0.29) is 0 Å². The van der Waals surface area contributed by atoms with Crippen LogP contribution < -0.4 is 0 Å². The Balaban J connectivity index is 2.19. The number of ether oxygens (including phenoxy) is 4. The smallest absolute Gasteiger partial charge is 0.308 e. The molecule has 12 heteroatoms. The van der Waals surface area contributed by atoms with Crippen LogP contribution in [0.5, 0.6) is 0 Å². The third-order valence-electron chi connectivity index (χ3n) is 4.68. The molecule has 0 spiro atoms. The number of hydrogen-bond acceptors (Lipinski definition) is 12. The largest absolute Gasteiger partial charge is 0.456 e. The second kappa shape index (κ2) is 9.71. The van der Waals surface area contributed by atoms with Crippen molar-refractivity contribution in [3.63, 3.8) is 0 Å². The van der Waals surface area contributed by atoms with Gasteiger partial charge in [-0.3, -0.25) is 4.79 Å². The first kappa shape index (κ1) is 23.3.